The Hall–Kier alpha value is -2.15. The van der Waals surface area contributed by atoms with E-state index >= 15 is 0 Å². The molecule has 0 unspecified atom stereocenters. The Morgan fingerprint density at radius 1 is 1.56 bits per heavy atom. The van der Waals surface area contributed by atoms with Crippen molar-refractivity contribution >= 4 is 17.3 Å². The van der Waals surface area contributed by atoms with Crippen molar-refractivity contribution in [2.24, 2.45) is 0 Å². The van der Waals surface area contributed by atoms with E-state index in [0.717, 1.165) is 0 Å². The van der Waals surface area contributed by atoms with Gasteiger partial charge in [-0.15, -0.1) is 0 Å². The summed E-state index contributed by atoms with van der Waals surface area (Å²) in [5, 5.41) is 21.4. The zero-order chi connectivity index (χ0) is 12.1. The summed E-state index contributed by atoms with van der Waals surface area (Å²) in [6.07, 6.45) is 0. The van der Waals surface area contributed by atoms with Crippen LogP contribution in [0.5, 0.6) is 0 Å². The molecule has 7 nitrogen and oxygen atoms in total. The zero-order valence-corrected chi connectivity index (χ0v) is 8.34. The van der Waals surface area contributed by atoms with E-state index in [1.165, 1.54) is 18.2 Å². The molecule has 0 aromatic heterocycles. The van der Waals surface area contributed by atoms with E-state index in [1.807, 2.05) is 0 Å². The number of anilines is 1. The monoisotopic (exact) mass is 225 g/mol. The number of nitrogens with two attached hydrogens (primary N) is 1. The standard InChI is InChI=1S/C9H11N3O4/c10-8-6(9(14)11-4-5-13)2-1-3-7(8)12(15)16/h1-3,13H,4-5,10H2,(H,11,14). The van der Waals surface area contributed by atoms with Crippen LogP contribution in [0, 0.1) is 10.1 Å². The molecular weight excluding hydrogens is 214 g/mol. The summed E-state index contributed by atoms with van der Waals surface area (Å²) < 4.78 is 0. The molecule has 0 saturated heterocycles. The number of aliphatic hydroxyl groups excluding tert-OH is 1. The van der Waals surface area contributed by atoms with Crippen molar-refractivity contribution in [3.05, 3.63) is 33.9 Å². The molecule has 0 radical (unpaired) electrons. The molecule has 1 amide bonds. The third kappa shape index (κ3) is 2.45. The number of carbonyl (C=O) groups excluding carboxylic acids is 1. The Bertz CT molecular complexity index is 419. The fraction of sp³-hybridized carbons (Fsp3) is 0.222. The minimum Gasteiger partial charge on any atom is -0.395 e. The molecule has 0 spiro atoms. The molecule has 0 heterocycles. The number of nitro benzene ring substituents is 1. The SMILES string of the molecule is Nc1c(C(=O)NCCO)cccc1[N+](=O)[O-]. The van der Waals surface area contributed by atoms with E-state index < -0.39 is 10.8 Å². The Morgan fingerprint density at radius 3 is 2.81 bits per heavy atom. The van der Waals surface area contributed by atoms with Crippen LogP contribution in [0.2, 0.25) is 0 Å². The summed E-state index contributed by atoms with van der Waals surface area (Å²) >= 11 is 0. The average Bonchev–Trinajstić information content (AvgIpc) is 2.25. The molecule has 0 atom stereocenters. The Labute approximate surface area is 91.0 Å². The number of nitrogens with zero attached hydrogens (tertiary/aromatic N) is 1. The molecule has 0 saturated carbocycles. The summed E-state index contributed by atoms with van der Waals surface area (Å²) in [6, 6.07) is 3.98. The summed E-state index contributed by atoms with van der Waals surface area (Å²) in [4.78, 5) is 21.4. The molecule has 1 rings (SSSR count). The van der Waals surface area contributed by atoms with Crippen molar-refractivity contribution in [2.75, 3.05) is 18.9 Å². The summed E-state index contributed by atoms with van der Waals surface area (Å²) in [6.45, 7) is -0.137. The van der Waals surface area contributed by atoms with Gasteiger partial charge >= 0.3 is 0 Å². The largest absolute Gasteiger partial charge is 0.395 e. The first kappa shape index (κ1) is 11.9. The quantitative estimate of drug-likeness (QED) is 0.375. The van der Waals surface area contributed by atoms with E-state index in [1.54, 1.807) is 0 Å². The number of aliphatic hydroxyl groups is 1. The number of nitrogen functional groups attached to an aromatic ring is 1. The Kier molecular flexibility index (Phi) is 3.78. The molecule has 86 valence electrons. The first-order valence-corrected chi connectivity index (χ1v) is 4.50. The first-order chi connectivity index (χ1) is 7.57. The van der Waals surface area contributed by atoms with E-state index in [0.29, 0.717) is 0 Å². The van der Waals surface area contributed by atoms with Gasteiger partial charge in [0.1, 0.15) is 5.69 Å². The van der Waals surface area contributed by atoms with Crippen LogP contribution in [-0.4, -0.2) is 29.1 Å². The molecule has 1 aromatic carbocycles. The first-order valence-electron chi connectivity index (χ1n) is 4.50. The van der Waals surface area contributed by atoms with Crippen molar-refractivity contribution in [3.63, 3.8) is 0 Å². The topological polar surface area (TPSA) is 118 Å². The van der Waals surface area contributed by atoms with Crippen LogP contribution in [-0.2, 0) is 0 Å². The van der Waals surface area contributed by atoms with Crippen molar-refractivity contribution in [2.45, 2.75) is 0 Å². The van der Waals surface area contributed by atoms with Crippen molar-refractivity contribution in [1.29, 1.82) is 0 Å². The Balaban J connectivity index is 3.01. The van der Waals surface area contributed by atoms with Gasteiger partial charge in [0.2, 0.25) is 0 Å². The third-order valence-corrected chi connectivity index (χ3v) is 1.92. The van der Waals surface area contributed by atoms with Crippen LogP contribution in [0.1, 0.15) is 10.4 Å². The van der Waals surface area contributed by atoms with Gasteiger partial charge in [0, 0.05) is 12.6 Å². The van der Waals surface area contributed by atoms with Gasteiger partial charge in [-0.1, -0.05) is 6.07 Å². The molecule has 0 aliphatic rings. The fourth-order valence-electron chi connectivity index (χ4n) is 1.17. The number of hydrogen-bond acceptors (Lipinski definition) is 5. The van der Waals surface area contributed by atoms with E-state index in [-0.39, 0.29) is 30.1 Å². The van der Waals surface area contributed by atoms with Crippen LogP contribution in [0.4, 0.5) is 11.4 Å². The maximum absolute atomic E-state index is 11.5. The van der Waals surface area contributed by atoms with Gasteiger partial charge in [-0.3, -0.25) is 14.9 Å². The summed E-state index contributed by atoms with van der Waals surface area (Å²) in [5.74, 6) is -0.546. The molecule has 0 bridgehead atoms. The van der Waals surface area contributed by atoms with Gasteiger partial charge in [-0.25, -0.2) is 0 Å². The van der Waals surface area contributed by atoms with Crippen LogP contribution in [0.15, 0.2) is 18.2 Å². The van der Waals surface area contributed by atoms with Gasteiger partial charge in [0.05, 0.1) is 17.1 Å². The van der Waals surface area contributed by atoms with E-state index in [2.05, 4.69) is 5.32 Å². The highest BCUT2D eigenvalue weighted by Gasteiger charge is 2.18. The number of nitrogens with one attached hydrogen (secondary N) is 1. The molecule has 16 heavy (non-hydrogen) atoms. The lowest BCUT2D eigenvalue weighted by atomic mass is 10.1. The predicted molar refractivity (Wildman–Crippen MR) is 56.9 cm³/mol. The number of carbonyl (C=O) groups is 1. The summed E-state index contributed by atoms with van der Waals surface area (Å²) in [7, 11) is 0. The van der Waals surface area contributed by atoms with E-state index in [9.17, 15) is 14.9 Å². The van der Waals surface area contributed by atoms with Crippen LogP contribution in [0.3, 0.4) is 0 Å². The minimum absolute atomic E-state index is 0.0302. The number of amides is 1. The van der Waals surface area contributed by atoms with Gasteiger partial charge < -0.3 is 16.2 Å². The number of para-hydroxylation sites is 1. The van der Waals surface area contributed by atoms with Crippen LogP contribution < -0.4 is 11.1 Å². The number of nitro groups is 1. The average molecular weight is 225 g/mol. The van der Waals surface area contributed by atoms with Gasteiger partial charge in [-0.2, -0.15) is 0 Å². The molecule has 0 fully saturated rings. The van der Waals surface area contributed by atoms with Crippen molar-refractivity contribution in [1.82, 2.24) is 5.32 Å². The second-order valence-corrected chi connectivity index (χ2v) is 2.97. The van der Waals surface area contributed by atoms with Gasteiger partial charge in [-0.05, 0) is 6.07 Å². The van der Waals surface area contributed by atoms with E-state index in [4.69, 9.17) is 10.8 Å². The third-order valence-electron chi connectivity index (χ3n) is 1.92. The lowest BCUT2D eigenvalue weighted by Crippen LogP contribution is -2.27. The second kappa shape index (κ2) is 5.08. The highest BCUT2D eigenvalue weighted by atomic mass is 16.6. The molecule has 1 aromatic rings. The molecule has 0 aliphatic carbocycles. The van der Waals surface area contributed by atoms with Crippen molar-refractivity contribution < 1.29 is 14.8 Å². The molecular formula is C9H11N3O4. The van der Waals surface area contributed by atoms with Crippen molar-refractivity contribution in [3.8, 4) is 0 Å². The number of benzene rings is 1. The lowest BCUT2D eigenvalue weighted by Gasteiger charge is -2.06. The predicted octanol–water partition coefficient (Wildman–Crippen LogP) is -0.101. The van der Waals surface area contributed by atoms with Gasteiger partial charge in [0.25, 0.3) is 11.6 Å². The minimum atomic E-state index is -0.655. The number of hydrogen-bond donors (Lipinski definition) is 3. The maximum atomic E-state index is 11.5. The molecule has 7 heteroatoms. The fourth-order valence-corrected chi connectivity index (χ4v) is 1.17. The highest BCUT2D eigenvalue weighted by Crippen LogP contribution is 2.24. The van der Waals surface area contributed by atoms with Crippen LogP contribution in [0.25, 0.3) is 0 Å². The molecule has 4 N–H and O–H groups in total. The lowest BCUT2D eigenvalue weighted by molar-refractivity contribution is -0.383. The second-order valence-electron chi connectivity index (χ2n) is 2.97. The Morgan fingerprint density at radius 2 is 2.25 bits per heavy atom. The normalized spacial score (nSPS) is 9.81. The van der Waals surface area contributed by atoms with Crippen LogP contribution >= 0.6 is 0 Å². The summed E-state index contributed by atoms with van der Waals surface area (Å²) in [5.41, 5.74) is 5.04. The molecule has 0 aliphatic heterocycles. The maximum Gasteiger partial charge on any atom is 0.292 e. The zero-order valence-electron chi connectivity index (χ0n) is 8.34. The number of rotatable bonds is 4. The smallest absolute Gasteiger partial charge is 0.292 e. The highest BCUT2D eigenvalue weighted by molar-refractivity contribution is 6.00. The van der Waals surface area contributed by atoms with Gasteiger partial charge in [0.15, 0.2) is 0 Å².